The summed E-state index contributed by atoms with van der Waals surface area (Å²) in [5, 5.41) is 3.08. The molecule has 1 atom stereocenters. The van der Waals surface area contributed by atoms with Crippen molar-refractivity contribution >= 4 is 21.7 Å². The number of hydrogen-bond acceptors (Lipinski definition) is 4. The largest absolute Gasteiger partial charge is 0.467 e. The summed E-state index contributed by atoms with van der Waals surface area (Å²) >= 11 is 3.17. The van der Waals surface area contributed by atoms with Crippen LogP contribution in [0.1, 0.15) is 18.7 Å². The average molecular weight is 284 g/mol. The third-order valence-corrected chi connectivity index (χ3v) is 2.86. The van der Waals surface area contributed by atoms with E-state index in [1.165, 1.54) is 6.33 Å². The van der Waals surface area contributed by atoms with Gasteiger partial charge in [-0.05, 0) is 35.0 Å². The number of nitrogens with one attached hydrogen (secondary N) is 2. The van der Waals surface area contributed by atoms with Crippen molar-refractivity contribution in [1.29, 1.82) is 0 Å². The van der Waals surface area contributed by atoms with E-state index in [0.29, 0.717) is 10.3 Å². The molecule has 0 bridgehead atoms. The van der Waals surface area contributed by atoms with Gasteiger partial charge in [0, 0.05) is 0 Å². The van der Waals surface area contributed by atoms with Gasteiger partial charge in [-0.25, -0.2) is 4.98 Å². The van der Waals surface area contributed by atoms with E-state index >= 15 is 0 Å². The molecule has 2 N–H and O–H groups in total. The highest BCUT2D eigenvalue weighted by Crippen LogP contribution is 2.21. The van der Waals surface area contributed by atoms with Gasteiger partial charge in [0.15, 0.2) is 0 Å². The van der Waals surface area contributed by atoms with Crippen LogP contribution in [-0.2, 0) is 0 Å². The Morgan fingerprint density at radius 3 is 3.12 bits per heavy atom. The number of nitrogens with zero attached hydrogens (tertiary/aromatic N) is 1. The third kappa shape index (κ3) is 2.16. The van der Waals surface area contributed by atoms with Crippen LogP contribution in [0.25, 0.3) is 0 Å². The standard InChI is InChI=1S/C10H10BrN3O2/c1-6(7-3-2-4-16-7)14-9-8(11)10(15)13-5-12-9/h2-6H,1H3,(H2,12,13,14,15). The lowest BCUT2D eigenvalue weighted by Gasteiger charge is -2.12. The molecule has 16 heavy (non-hydrogen) atoms. The molecule has 2 aromatic heterocycles. The van der Waals surface area contributed by atoms with Gasteiger partial charge in [-0.2, -0.15) is 0 Å². The van der Waals surface area contributed by atoms with Crippen molar-refractivity contribution in [2.24, 2.45) is 0 Å². The summed E-state index contributed by atoms with van der Waals surface area (Å²) in [7, 11) is 0. The Kier molecular flexibility index (Phi) is 3.09. The predicted octanol–water partition coefficient (Wildman–Crippen LogP) is 2.30. The second-order valence-corrected chi connectivity index (χ2v) is 4.07. The summed E-state index contributed by atoms with van der Waals surface area (Å²) in [6, 6.07) is 3.62. The molecule has 0 aliphatic rings. The zero-order valence-electron chi connectivity index (χ0n) is 8.53. The van der Waals surface area contributed by atoms with Crippen molar-refractivity contribution in [1.82, 2.24) is 9.97 Å². The van der Waals surface area contributed by atoms with Gasteiger partial charge < -0.3 is 14.7 Å². The second kappa shape index (κ2) is 4.52. The monoisotopic (exact) mass is 283 g/mol. The first kappa shape index (κ1) is 10.9. The second-order valence-electron chi connectivity index (χ2n) is 3.28. The molecule has 0 saturated carbocycles. The first-order chi connectivity index (χ1) is 7.68. The van der Waals surface area contributed by atoms with Crippen LogP contribution in [0.15, 0.2) is 38.4 Å². The summed E-state index contributed by atoms with van der Waals surface area (Å²) in [5.74, 6) is 1.28. The van der Waals surface area contributed by atoms with E-state index in [-0.39, 0.29) is 11.6 Å². The van der Waals surface area contributed by atoms with Crippen LogP contribution in [0.3, 0.4) is 0 Å². The minimum atomic E-state index is -0.218. The van der Waals surface area contributed by atoms with E-state index in [1.807, 2.05) is 19.1 Å². The Hall–Kier alpha value is -1.56. The normalized spacial score (nSPS) is 12.4. The Morgan fingerprint density at radius 1 is 1.62 bits per heavy atom. The quantitative estimate of drug-likeness (QED) is 0.907. The molecule has 2 rings (SSSR count). The molecule has 84 valence electrons. The van der Waals surface area contributed by atoms with Crippen LogP contribution >= 0.6 is 15.9 Å². The molecule has 2 heterocycles. The molecular weight excluding hydrogens is 274 g/mol. The lowest BCUT2D eigenvalue weighted by atomic mass is 10.2. The number of hydrogen-bond donors (Lipinski definition) is 2. The Labute approximate surface area is 100 Å². The fourth-order valence-corrected chi connectivity index (χ4v) is 1.63. The van der Waals surface area contributed by atoms with Crippen molar-refractivity contribution in [3.8, 4) is 0 Å². The SMILES string of the molecule is CC(Nc1nc[nH]c(=O)c1Br)c1ccco1. The molecule has 0 amide bonds. The fourth-order valence-electron chi connectivity index (χ4n) is 1.30. The van der Waals surface area contributed by atoms with Crippen molar-refractivity contribution in [2.45, 2.75) is 13.0 Å². The number of halogens is 1. The first-order valence-corrected chi connectivity index (χ1v) is 5.51. The molecule has 5 nitrogen and oxygen atoms in total. The third-order valence-electron chi connectivity index (χ3n) is 2.12. The Balaban J connectivity index is 2.21. The maximum atomic E-state index is 11.3. The van der Waals surface area contributed by atoms with Crippen LogP contribution in [0, 0.1) is 0 Å². The Morgan fingerprint density at radius 2 is 2.44 bits per heavy atom. The highest BCUT2D eigenvalue weighted by Gasteiger charge is 2.11. The maximum Gasteiger partial charge on any atom is 0.267 e. The van der Waals surface area contributed by atoms with E-state index in [9.17, 15) is 4.79 Å². The lowest BCUT2D eigenvalue weighted by Crippen LogP contribution is -2.14. The molecule has 0 spiro atoms. The van der Waals surface area contributed by atoms with Crippen LogP contribution < -0.4 is 10.9 Å². The number of H-pyrrole nitrogens is 1. The minimum absolute atomic E-state index is 0.0550. The van der Waals surface area contributed by atoms with Crippen LogP contribution in [0.4, 0.5) is 5.82 Å². The number of rotatable bonds is 3. The van der Waals surface area contributed by atoms with Gasteiger partial charge in [-0.3, -0.25) is 4.79 Å². The number of aromatic nitrogens is 2. The molecule has 0 aliphatic heterocycles. The average Bonchev–Trinajstić information content (AvgIpc) is 2.78. The molecule has 2 aromatic rings. The highest BCUT2D eigenvalue weighted by atomic mass is 79.9. The van der Waals surface area contributed by atoms with E-state index in [2.05, 4.69) is 31.2 Å². The van der Waals surface area contributed by atoms with Crippen molar-refractivity contribution in [2.75, 3.05) is 5.32 Å². The number of aromatic amines is 1. The molecule has 0 saturated heterocycles. The number of anilines is 1. The molecule has 0 fully saturated rings. The van der Waals surface area contributed by atoms with E-state index < -0.39 is 0 Å². The van der Waals surface area contributed by atoms with Gasteiger partial charge in [-0.15, -0.1) is 0 Å². The molecule has 0 aliphatic carbocycles. The van der Waals surface area contributed by atoms with Crippen molar-refractivity contribution < 1.29 is 4.42 Å². The number of furan rings is 1. The first-order valence-electron chi connectivity index (χ1n) is 4.71. The minimum Gasteiger partial charge on any atom is -0.467 e. The molecular formula is C10H10BrN3O2. The highest BCUT2D eigenvalue weighted by molar-refractivity contribution is 9.10. The summed E-state index contributed by atoms with van der Waals surface area (Å²) in [4.78, 5) is 17.8. The van der Waals surface area contributed by atoms with Crippen molar-refractivity contribution in [3.63, 3.8) is 0 Å². The molecule has 6 heteroatoms. The smallest absolute Gasteiger partial charge is 0.267 e. The van der Waals surface area contributed by atoms with E-state index in [0.717, 1.165) is 5.76 Å². The van der Waals surface area contributed by atoms with Crippen molar-refractivity contribution in [3.05, 3.63) is 45.3 Å². The predicted molar refractivity (Wildman–Crippen MR) is 63.3 cm³/mol. The van der Waals surface area contributed by atoms with Crippen LogP contribution in [0.2, 0.25) is 0 Å². The van der Waals surface area contributed by atoms with Gasteiger partial charge >= 0.3 is 0 Å². The van der Waals surface area contributed by atoms with Gasteiger partial charge in [0.05, 0.1) is 18.6 Å². The summed E-state index contributed by atoms with van der Waals surface area (Å²) in [6.07, 6.45) is 2.96. The lowest BCUT2D eigenvalue weighted by molar-refractivity contribution is 0.490. The summed E-state index contributed by atoms with van der Waals surface area (Å²) in [5.41, 5.74) is -0.218. The van der Waals surface area contributed by atoms with Crippen LogP contribution in [-0.4, -0.2) is 9.97 Å². The van der Waals surface area contributed by atoms with Gasteiger partial charge in [0.2, 0.25) is 0 Å². The maximum absolute atomic E-state index is 11.3. The van der Waals surface area contributed by atoms with Gasteiger partial charge in [0.25, 0.3) is 5.56 Å². The topological polar surface area (TPSA) is 70.9 Å². The molecule has 0 radical (unpaired) electrons. The van der Waals surface area contributed by atoms with Gasteiger partial charge in [-0.1, -0.05) is 0 Å². The van der Waals surface area contributed by atoms with E-state index in [4.69, 9.17) is 4.42 Å². The zero-order valence-corrected chi connectivity index (χ0v) is 10.1. The molecule has 0 aromatic carbocycles. The fraction of sp³-hybridized carbons (Fsp3) is 0.200. The summed E-state index contributed by atoms with van der Waals surface area (Å²) in [6.45, 7) is 1.92. The zero-order chi connectivity index (χ0) is 11.5. The van der Waals surface area contributed by atoms with Gasteiger partial charge in [0.1, 0.15) is 16.1 Å². The van der Waals surface area contributed by atoms with E-state index in [1.54, 1.807) is 6.26 Å². The summed E-state index contributed by atoms with van der Waals surface area (Å²) < 4.78 is 5.63. The Bertz CT molecular complexity index is 521. The van der Waals surface area contributed by atoms with Crippen LogP contribution in [0.5, 0.6) is 0 Å². The molecule has 1 unspecified atom stereocenters.